The van der Waals surface area contributed by atoms with E-state index >= 15 is 0 Å². The van der Waals surface area contributed by atoms with Crippen LogP contribution in [0.25, 0.3) is 0 Å². The highest BCUT2D eigenvalue weighted by atomic mass is 19.1. The van der Waals surface area contributed by atoms with E-state index in [1.807, 2.05) is 13.1 Å². The summed E-state index contributed by atoms with van der Waals surface area (Å²) in [6.07, 6.45) is 1.13. The van der Waals surface area contributed by atoms with E-state index in [4.69, 9.17) is 10.00 Å². The number of likely N-dealkylation sites (N-methyl/N-ethyl adjacent to an activating group) is 1. The number of benzene rings is 1. The number of hydrogen-bond donors (Lipinski definition) is 1. The summed E-state index contributed by atoms with van der Waals surface area (Å²) < 4.78 is 19.6. The molecule has 2 atom stereocenters. The molecule has 4 nitrogen and oxygen atoms in total. The molecular weight excluding hydrogens is 271 g/mol. The molecule has 3 rings (SSSR count). The van der Waals surface area contributed by atoms with Crippen LogP contribution in [-0.4, -0.2) is 42.4 Å². The molecule has 0 saturated carbocycles. The van der Waals surface area contributed by atoms with Crippen molar-refractivity contribution in [3.8, 4) is 6.07 Å². The molecule has 0 spiro atoms. The van der Waals surface area contributed by atoms with Gasteiger partial charge in [0, 0.05) is 17.6 Å². The van der Waals surface area contributed by atoms with E-state index in [1.54, 1.807) is 12.1 Å². The number of fused-ring (bicyclic) bond motifs is 2. The number of ether oxygens (including phenoxy) is 1. The Kier molecular flexibility index (Phi) is 3.70. The lowest BCUT2D eigenvalue weighted by Gasteiger charge is -2.50. The lowest BCUT2D eigenvalue weighted by atomic mass is 9.77. The number of halogens is 1. The zero-order valence-corrected chi connectivity index (χ0v) is 12.1. The van der Waals surface area contributed by atoms with Gasteiger partial charge in [0.05, 0.1) is 31.3 Å². The van der Waals surface area contributed by atoms with Crippen molar-refractivity contribution < 1.29 is 14.2 Å². The smallest absolute Gasteiger partial charge is 0.127 e. The molecule has 0 amide bonds. The third-order valence-electron chi connectivity index (χ3n) is 4.78. The molecule has 1 aromatic rings. The van der Waals surface area contributed by atoms with Gasteiger partial charge in [0.2, 0.25) is 0 Å². The monoisotopic (exact) mass is 290 g/mol. The summed E-state index contributed by atoms with van der Waals surface area (Å²) >= 11 is 0. The first-order valence-corrected chi connectivity index (χ1v) is 7.21. The third kappa shape index (κ3) is 2.55. The quantitative estimate of drug-likeness (QED) is 0.898. The van der Waals surface area contributed by atoms with Gasteiger partial charge >= 0.3 is 0 Å². The number of nitriles is 1. The van der Waals surface area contributed by atoms with Gasteiger partial charge in [-0.3, -0.25) is 4.90 Å². The average molecular weight is 290 g/mol. The second kappa shape index (κ2) is 5.38. The van der Waals surface area contributed by atoms with Crippen molar-refractivity contribution in [2.75, 3.05) is 20.3 Å². The van der Waals surface area contributed by atoms with Crippen LogP contribution in [0.15, 0.2) is 18.2 Å². The van der Waals surface area contributed by atoms with Crippen LogP contribution in [0.4, 0.5) is 4.39 Å². The summed E-state index contributed by atoms with van der Waals surface area (Å²) in [5.41, 5.74) is -0.0366. The number of hydrogen-bond acceptors (Lipinski definition) is 4. The Hall–Kier alpha value is -1.48. The molecule has 1 N–H and O–H groups in total. The normalized spacial score (nSPS) is 32.7. The third-order valence-corrected chi connectivity index (χ3v) is 4.78. The second-order valence-corrected chi connectivity index (χ2v) is 6.09. The molecule has 5 heteroatoms. The maximum absolute atomic E-state index is 14.0. The standard InChI is InChI=1S/C16H19FN2O2/c1-19-13-7-16(20,8-14(19)10-21-9-13)12-3-2-11(4-5-18)15(17)6-12/h2-3,6,13-14,20H,4,7-10H2,1H3. The van der Waals surface area contributed by atoms with Crippen LogP contribution in [0, 0.1) is 17.1 Å². The van der Waals surface area contributed by atoms with Crippen LogP contribution in [0.2, 0.25) is 0 Å². The molecule has 2 heterocycles. The fraction of sp³-hybridized carbons (Fsp3) is 0.562. The Labute approximate surface area is 123 Å². The summed E-state index contributed by atoms with van der Waals surface area (Å²) in [5, 5.41) is 19.7. The fourth-order valence-electron chi connectivity index (χ4n) is 3.44. The Bertz CT molecular complexity index is 570. The molecule has 2 unspecified atom stereocenters. The number of nitrogens with zero attached hydrogens (tertiary/aromatic N) is 2. The van der Waals surface area contributed by atoms with Crippen LogP contribution in [0.1, 0.15) is 24.0 Å². The molecule has 2 saturated heterocycles. The van der Waals surface area contributed by atoms with Gasteiger partial charge in [-0.1, -0.05) is 12.1 Å². The van der Waals surface area contributed by atoms with Gasteiger partial charge in [-0.05, 0) is 31.5 Å². The first kappa shape index (κ1) is 14.5. The highest BCUT2D eigenvalue weighted by molar-refractivity contribution is 5.31. The minimum Gasteiger partial charge on any atom is -0.385 e. The van der Waals surface area contributed by atoms with Gasteiger partial charge < -0.3 is 9.84 Å². The van der Waals surface area contributed by atoms with E-state index in [-0.39, 0.29) is 18.5 Å². The van der Waals surface area contributed by atoms with Crippen LogP contribution in [-0.2, 0) is 16.8 Å². The van der Waals surface area contributed by atoms with Gasteiger partial charge in [-0.2, -0.15) is 5.26 Å². The highest BCUT2D eigenvalue weighted by Crippen LogP contribution is 2.40. The predicted molar refractivity (Wildman–Crippen MR) is 75.0 cm³/mol. The largest absolute Gasteiger partial charge is 0.385 e. The topological polar surface area (TPSA) is 56.5 Å². The maximum Gasteiger partial charge on any atom is 0.127 e. The van der Waals surface area contributed by atoms with Gasteiger partial charge in [0.25, 0.3) is 0 Å². The van der Waals surface area contributed by atoms with Gasteiger partial charge in [-0.15, -0.1) is 0 Å². The van der Waals surface area contributed by atoms with Crippen molar-refractivity contribution in [3.63, 3.8) is 0 Å². The van der Waals surface area contributed by atoms with E-state index in [9.17, 15) is 9.50 Å². The summed E-state index contributed by atoms with van der Waals surface area (Å²) in [5.74, 6) is -0.414. The Balaban J connectivity index is 1.89. The molecule has 1 aromatic carbocycles. The fourth-order valence-corrected chi connectivity index (χ4v) is 3.44. The number of rotatable bonds is 2. The molecule has 0 aromatic heterocycles. The predicted octanol–water partition coefficient (Wildman–Crippen LogP) is 1.57. The Morgan fingerprint density at radius 1 is 1.43 bits per heavy atom. The van der Waals surface area contributed by atoms with Crippen molar-refractivity contribution in [1.29, 1.82) is 5.26 Å². The van der Waals surface area contributed by atoms with E-state index in [1.165, 1.54) is 6.07 Å². The first-order chi connectivity index (χ1) is 10.0. The molecule has 0 radical (unpaired) electrons. The highest BCUT2D eigenvalue weighted by Gasteiger charge is 2.45. The van der Waals surface area contributed by atoms with Gasteiger partial charge in [-0.25, -0.2) is 4.39 Å². The maximum atomic E-state index is 14.0. The van der Waals surface area contributed by atoms with Crippen molar-refractivity contribution in [3.05, 3.63) is 35.1 Å². The molecule has 21 heavy (non-hydrogen) atoms. The van der Waals surface area contributed by atoms with Crippen molar-refractivity contribution in [2.24, 2.45) is 0 Å². The van der Waals surface area contributed by atoms with E-state index in [0.29, 0.717) is 37.2 Å². The minimum absolute atomic E-state index is 0.0480. The molecule has 2 fully saturated rings. The van der Waals surface area contributed by atoms with Gasteiger partial charge in [0.15, 0.2) is 0 Å². The molecule has 0 aliphatic carbocycles. The van der Waals surface area contributed by atoms with Crippen molar-refractivity contribution >= 4 is 0 Å². The van der Waals surface area contributed by atoms with Crippen LogP contribution < -0.4 is 0 Å². The molecule has 112 valence electrons. The molecule has 2 aliphatic rings. The van der Waals surface area contributed by atoms with E-state index in [0.717, 1.165) is 0 Å². The summed E-state index contributed by atoms with van der Waals surface area (Å²) in [6.45, 7) is 1.20. The zero-order chi connectivity index (χ0) is 15.0. The minimum atomic E-state index is -1.02. The lowest BCUT2D eigenvalue weighted by Crippen LogP contribution is -2.59. The van der Waals surface area contributed by atoms with E-state index < -0.39 is 11.4 Å². The summed E-state index contributed by atoms with van der Waals surface area (Å²) in [6, 6.07) is 7.00. The summed E-state index contributed by atoms with van der Waals surface area (Å²) in [4.78, 5) is 2.25. The second-order valence-electron chi connectivity index (χ2n) is 6.09. The Morgan fingerprint density at radius 2 is 2.10 bits per heavy atom. The Morgan fingerprint density at radius 3 is 2.67 bits per heavy atom. The van der Waals surface area contributed by atoms with Crippen molar-refractivity contribution in [2.45, 2.75) is 36.9 Å². The van der Waals surface area contributed by atoms with E-state index in [2.05, 4.69) is 4.90 Å². The first-order valence-electron chi connectivity index (χ1n) is 7.21. The lowest BCUT2D eigenvalue weighted by molar-refractivity contribution is -0.137. The average Bonchev–Trinajstić information content (AvgIpc) is 2.43. The van der Waals surface area contributed by atoms with Crippen molar-refractivity contribution in [1.82, 2.24) is 4.90 Å². The molecular formula is C16H19FN2O2. The van der Waals surface area contributed by atoms with Crippen LogP contribution in [0.3, 0.4) is 0 Å². The number of aliphatic hydroxyl groups is 1. The number of piperidine rings is 1. The molecule has 2 bridgehead atoms. The van der Waals surface area contributed by atoms with Gasteiger partial charge in [0.1, 0.15) is 5.82 Å². The van der Waals surface area contributed by atoms with Crippen LogP contribution >= 0.6 is 0 Å². The number of morpholine rings is 1. The summed E-state index contributed by atoms with van der Waals surface area (Å²) in [7, 11) is 2.05. The van der Waals surface area contributed by atoms with Crippen LogP contribution in [0.5, 0.6) is 0 Å². The molecule has 2 aliphatic heterocycles. The zero-order valence-electron chi connectivity index (χ0n) is 12.1. The SMILES string of the molecule is CN1C2COCC1CC(O)(c1ccc(CC#N)c(F)c1)C2.